The van der Waals surface area contributed by atoms with Gasteiger partial charge in [-0.1, -0.05) is 30.3 Å². The molecule has 2 amide bonds. The van der Waals surface area contributed by atoms with Crippen LogP contribution >= 0.6 is 0 Å². The van der Waals surface area contributed by atoms with Crippen LogP contribution < -0.4 is 4.90 Å². The van der Waals surface area contributed by atoms with Gasteiger partial charge in [-0.2, -0.15) is 0 Å². The van der Waals surface area contributed by atoms with Crippen LogP contribution in [0.5, 0.6) is 5.75 Å². The number of phenolic OH excluding ortho intramolecular Hbond substituents is 1. The van der Waals surface area contributed by atoms with E-state index in [0.29, 0.717) is 0 Å². The fourth-order valence-corrected chi connectivity index (χ4v) is 4.27. The van der Waals surface area contributed by atoms with E-state index >= 15 is 0 Å². The molecule has 2 N–H and O–H groups in total. The number of nitro benzene ring substituents is 1. The van der Waals surface area contributed by atoms with E-state index in [4.69, 9.17) is 0 Å². The summed E-state index contributed by atoms with van der Waals surface area (Å²) in [5.74, 6) is -2.76. The van der Waals surface area contributed by atoms with Crippen molar-refractivity contribution in [2.45, 2.75) is 0 Å². The Balaban J connectivity index is 1.84. The standard InChI is InChI=1S/C25H14N2O7/c28-16-7-2-6-15(11-16)26-23(29)18-9-3-8-17-21(13-4-1-5-14(10-13)25(31)32)20(27(33)34)12-19(22(17)18)24(26)30/h1-12,28H,(H,31,32). The van der Waals surface area contributed by atoms with Crippen LogP contribution in [0.25, 0.3) is 21.9 Å². The van der Waals surface area contributed by atoms with Gasteiger partial charge in [0.2, 0.25) is 0 Å². The molecule has 1 heterocycles. The lowest BCUT2D eigenvalue weighted by atomic mass is 9.87. The van der Waals surface area contributed by atoms with E-state index in [2.05, 4.69) is 0 Å². The number of carbonyl (C=O) groups excluding carboxylic acids is 2. The fraction of sp³-hybridized carbons (Fsp3) is 0. The van der Waals surface area contributed by atoms with Crippen LogP contribution in [-0.4, -0.2) is 32.9 Å². The van der Waals surface area contributed by atoms with Gasteiger partial charge in [-0.3, -0.25) is 19.7 Å². The van der Waals surface area contributed by atoms with Crippen molar-refractivity contribution < 1.29 is 29.5 Å². The van der Waals surface area contributed by atoms with Crippen molar-refractivity contribution in [3.05, 3.63) is 99.6 Å². The number of hydrogen-bond acceptors (Lipinski definition) is 6. The first-order valence-electron chi connectivity index (χ1n) is 10.0. The molecular formula is C25H14N2O7. The number of aromatic carboxylic acids is 1. The fourth-order valence-electron chi connectivity index (χ4n) is 4.27. The molecule has 0 atom stereocenters. The third kappa shape index (κ3) is 3.06. The third-order valence-corrected chi connectivity index (χ3v) is 5.69. The molecule has 0 radical (unpaired) electrons. The number of rotatable bonds is 4. The van der Waals surface area contributed by atoms with Gasteiger partial charge >= 0.3 is 5.97 Å². The Hall–Kier alpha value is -5.05. The first-order chi connectivity index (χ1) is 16.3. The average Bonchev–Trinajstić information content (AvgIpc) is 2.82. The summed E-state index contributed by atoms with van der Waals surface area (Å²) in [5.41, 5.74) is 0.152. The van der Waals surface area contributed by atoms with Crippen molar-refractivity contribution in [3.63, 3.8) is 0 Å². The summed E-state index contributed by atoms with van der Waals surface area (Å²) in [6, 6.07) is 17.0. The summed E-state index contributed by atoms with van der Waals surface area (Å²) in [6.45, 7) is 0. The molecule has 1 aliphatic rings. The zero-order chi connectivity index (χ0) is 24.1. The monoisotopic (exact) mass is 454 g/mol. The van der Waals surface area contributed by atoms with Crippen molar-refractivity contribution in [1.29, 1.82) is 0 Å². The summed E-state index contributed by atoms with van der Waals surface area (Å²) < 4.78 is 0. The number of anilines is 1. The molecule has 34 heavy (non-hydrogen) atoms. The largest absolute Gasteiger partial charge is 0.508 e. The van der Waals surface area contributed by atoms with E-state index in [1.807, 2.05) is 0 Å². The number of carboxylic acids is 1. The normalized spacial score (nSPS) is 12.8. The Morgan fingerprint density at radius 1 is 0.882 bits per heavy atom. The minimum atomic E-state index is -1.20. The molecule has 0 saturated heterocycles. The van der Waals surface area contributed by atoms with Crippen LogP contribution in [0.2, 0.25) is 0 Å². The molecule has 4 aromatic carbocycles. The summed E-state index contributed by atoms with van der Waals surface area (Å²) in [7, 11) is 0. The molecule has 0 spiro atoms. The highest BCUT2D eigenvalue weighted by Gasteiger charge is 2.37. The highest BCUT2D eigenvalue weighted by atomic mass is 16.6. The van der Waals surface area contributed by atoms with Crippen molar-refractivity contribution in [1.82, 2.24) is 0 Å². The molecule has 4 aromatic rings. The number of phenols is 1. The molecule has 9 nitrogen and oxygen atoms in total. The van der Waals surface area contributed by atoms with Gasteiger partial charge in [-0.25, -0.2) is 9.69 Å². The highest BCUT2D eigenvalue weighted by Crippen LogP contribution is 2.43. The second-order valence-electron chi connectivity index (χ2n) is 7.66. The molecular weight excluding hydrogens is 440 g/mol. The second kappa shape index (κ2) is 7.52. The SMILES string of the molecule is O=C(O)c1cccc(-c2c([N+](=O)[O-])cc3c4c(cccc24)C(=O)N(c2cccc(O)c2)C3=O)c1. The molecule has 166 valence electrons. The number of nitro groups is 1. The lowest BCUT2D eigenvalue weighted by Crippen LogP contribution is -2.40. The average molecular weight is 454 g/mol. The maximum atomic E-state index is 13.4. The Bertz CT molecular complexity index is 1580. The number of hydrogen-bond donors (Lipinski definition) is 2. The van der Waals surface area contributed by atoms with Crippen molar-refractivity contribution in [2.75, 3.05) is 4.90 Å². The number of nitrogens with zero attached hydrogens (tertiary/aromatic N) is 2. The Labute approximate surface area is 191 Å². The van der Waals surface area contributed by atoms with Crippen molar-refractivity contribution in [2.24, 2.45) is 0 Å². The summed E-state index contributed by atoms with van der Waals surface area (Å²) in [5, 5.41) is 31.8. The number of carboxylic acid groups (broad SMARTS) is 1. The molecule has 0 aliphatic carbocycles. The zero-order valence-corrected chi connectivity index (χ0v) is 17.3. The quantitative estimate of drug-likeness (QED) is 0.261. The predicted molar refractivity (Wildman–Crippen MR) is 122 cm³/mol. The summed E-state index contributed by atoms with van der Waals surface area (Å²) in [6.07, 6.45) is 0. The first kappa shape index (κ1) is 20.8. The number of imide groups is 1. The second-order valence-corrected chi connectivity index (χ2v) is 7.66. The van der Waals surface area contributed by atoms with Crippen LogP contribution in [0.4, 0.5) is 11.4 Å². The molecule has 0 unspecified atom stereocenters. The van der Waals surface area contributed by atoms with Gasteiger partial charge in [0.25, 0.3) is 17.5 Å². The minimum Gasteiger partial charge on any atom is -0.508 e. The van der Waals surface area contributed by atoms with Crippen LogP contribution in [0, 0.1) is 10.1 Å². The van der Waals surface area contributed by atoms with E-state index in [-0.39, 0.29) is 50.0 Å². The lowest BCUT2D eigenvalue weighted by Gasteiger charge is -2.28. The van der Waals surface area contributed by atoms with Gasteiger partial charge in [-0.15, -0.1) is 0 Å². The number of benzene rings is 4. The van der Waals surface area contributed by atoms with E-state index in [0.717, 1.165) is 11.0 Å². The Morgan fingerprint density at radius 2 is 1.59 bits per heavy atom. The van der Waals surface area contributed by atoms with Crippen LogP contribution in [0.1, 0.15) is 31.1 Å². The Kier molecular flexibility index (Phi) is 4.61. The Morgan fingerprint density at radius 3 is 2.29 bits per heavy atom. The number of amides is 2. The number of aromatic hydroxyl groups is 1. The number of carbonyl (C=O) groups is 3. The lowest BCUT2D eigenvalue weighted by molar-refractivity contribution is -0.384. The van der Waals surface area contributed by atoms with E-state index in [1.165, 1.54) is 54.6 Å². The van der Waals surface area contributed by atoms with E-state index < -0.39 is 28.4 Å². The zero-order valence-electron chi connectivity index (χ0n) is 17.3. The first-order valence-corrected chi connectivity index (χ1v) is 10.0. The smallest absolute Gasteiger partial charge is 0.335 e. The van der Waals surface area contributed by atoms with Gasteiger partial charge in [0, 0.05) is 23.1 Å². The molecule has 9 heteroatoms. The predicted octanol–water partition coefficient (Wildman–Crippen LogP) is 4.62. The van der Waals surface area contributed by atoms with Gasteiger partial charge < -0.3 is 10.2 Å². The molecule has 0 bridgehead atoms. The third-order valence-electron chi connectivity index (χ3n) is 5.69. The van der Waals surface area contributed by atoms with Crippen LogP contribution in [0.15, 0.2) is 72.8 Å². The summed E-state index contributed by atoms with van der Waals surface area (Å²) >= 11 is 0. The van der Waals surface area contributed by atoms with Gasteiger partial charge in [0.05, 0.1) is 27.3 Å². The van der Waals surface area contributed by atoms with Crippen molar-refractivity contribution in [3.8, 4) is 16.9 Å². The van der Waals surface area contributed by atoms with Crippen LogP contribution in [0.3, 0.4) is 0 Å². The topological polar surface area (TPSA) is 138 Å². The van der Waals surface area contributed by atoms with E-state index in [9.17, 15) is 34.7 Å². The molecule has 0 saturated carbocycles. The summed E-state index contributed by atoms with van der Waals surface area (Å²) in [4.78, 5) is 50.5. The molecule has 5 rings (SSSR count). The van der Waals surface area contributed by atoms with Crippen LogP contribution in [-0.2, 0) is 0 Å². The van der Waals surface area contributed by atoms with Gasteiger partial charge in [0.1, 0.15) is 5.75 Å². The van der Waals surface area contributed by atoms with Crippen molar-refractivity contribution >= 4 is 39.9 Å². The highest BCUT2D eigenvalue weighted by molar-refractivity contribution is 6.37. The molecule has 1 aliphatic heterocycles. The van der Waals surface area contributed by atoms with Gasteiger partial charge in [0.15, 0.2) is 0 Å². The van der Waals surface area contributed by atoms with Gasteiger partial charge in [-0.05, 0) is 41.3 Å². The molecule has 0 fully saturated rings. The maximum absolute atomic E-state index is 13.4. The van der Waals surface area contributed by atoms with E-state index in [1.54, 1.807) is 12.1 Å². The molecule has 0 aromatic heterocycles. The minimum absolute atomic E-state index is 0.0432. The maximum Gasteiger partial charge on any atom is 0.335 e.